The molecule has 5 N–H and O–H groups in total. The molecule has 18 nitrogen and oxygen atoms in total. The second kappa shape index (κ2) is 22.9. The summed E-state index contributed by atoms with van der Waals surface area (Å²) < 4.78 is 18.4. The number of para-hydroxylation sites is 1. The molecule has 2 unspecified atom stereocenters. The summed E-state index contributed by atoms with van der Waals surface area (Å²) in [6.45, 7) is 15.5. The number of phenols is 1. The van der Waals surface area contributed by atoms with Crippen LogP contribution in [-0.4, -0.2) is 133 Å². The number of hydrogen-bond acceptors (Lipinski definition) is 17. The minimum atomic E-state index is -0.821. The van der Waals surface area contributed by atoms with E-state index in [0.29, 0.717) is 71.0 Å². The molecular weight excluding hydrogens is 1010 g/mol. The van der Waals surface area contributed by atoms with Crippen molar-refractivity contribution < 1.29 is 33.8 Å². The monoisotopic (exact) mass is 1080 g/mol. The van der Waals surface area contributed by atoms with Crippen molar-refractivity contribution in [3.05, 3.63) is 102 Å². The highest BCUT2D eigenvalue weighted by Crippen LogP contribution is 2.41. The molecule has 19 heteroatoms. The summed E-state index contributed by atoms with van der Waals surface area (Å²) in [5.74, 6) is 2.13. The van der Waals surface area contributed by atoms with Gasteiger partial charge in [-0.25, -0.2) is 9.97 Å². The lowest BCUT2D eigenvalue weighted by atomic mass is 9.80. The Morgan fingerprint density at radius 3 is 2.44 bits per heavy atom. The third-order valence-electron chi connectivity index (χ3n) is 17.1. The number of benzene rings is 2. The maximum Gasteiger partial charge on any atom is 0.254 e. The van der Waals surface area contributed by atoms with Crippen LogP contribution < -0.4 is 30.3 Å². The van der Waals surface area contributed by atoms with Crippen molar-refractivity contribution in [2.24, 2.45) is 23.7 Å². The van der Waals surface area contributed by atoms with Crippen molar-refractivity contribution in [3.8, 4) is 39.2 Å². The fraction of sp³-hybridized carbons (Fsp3) is 0.508. The van der Waals surface area contributed by atoms with Crippen LogP contribution in [0.3, 0.4) is 0 Å². The molecule has 78 heavy (non-hydrogen) atoms. The molecule has 4 aromatic heterocycles. The van der Waals surface area contributed by atoms with E-state index in [1.807, 2.05) is 81.9 Å². The van der Waals surface area contributed by atoms with E-state index in [4.69, 9.17) is 19.7 Å². The smallest absolute Gasteiger partial charge is 0.254 e. The minimum Gasteiger partial charge on any atom is -0.507 e. The maximum atomic E-state index is 14.3. The number of fused-ring (bicyclic) bond motifs is 2. The third kappa shape index (κ3) is 11.4. The standard InChI is InChI=1S/C59H73N11O7S/c1-34(2)55(59(74)69-32-45(71)25-50(69)58(73)63-36(4)40-10-12-41(13-11-40)56-37(5)62-33-78-56)52-27-54(66-77-52)75-21-18-39-17-20-67(28-35(39)3)29-38-22-46(23-38)76-53-24-42(16-19-61-53)70-43-14-15-44(70)31-68(30-43)49-26-48(64-65-57(49)60)47-8-6-7-9-51(47)72/h6-13,16,19,24,26-27,33-36,38-39,43-46,50,55,71-72H,14-15,17-18,20-23,25,28-32H2,1-5H3,(H2,60,65)(H,63,73)/t35-,36-,38?,39-,43?,44?,45+,46?,50-,55-/m0/s1. The van der Waals surface area contributed by atoms with Gasteiger partial charge < -0.3 is 54.9 Å². The highest BCUT2D eigenvalue weighted by atomic mass is 32.1. The first-order valence-electron chi connectivity index (χ1n) is 27.9. The molecule has 0 radical (unpaired) electrons. The topological polar surface area (TPSA) is 222 Å². The van der Waals surface area contributed by atoms with E-state index >= 15 is 0 Å². The molecule has 412 valence electrons. The Morgan fingerprint density at radius 2 is 1.71 bits per heavy atom. The van der Waals surface area contributed by atoms with Gasteiger partial charge in [0.25, 0.3) is 5.88 Å². The number of hydrogen-bond donors (Lipinski definition) is 4. The normalized spacial score (nSPS) is 25.0. The molecule has 8 atom stereocenters. The number of β-amino-alcohol motifs (C(OH)–C–C–N with tert-alkyl or cyclic N) is 1. The van der Waals surface area contributed by atoms with Gasteiger partial charge in [-0.15, -0.1) is 21.5 Å². The number of nitrogens with one attached hydrogen (secondary N) is 1. The number of carbonyl (C=O) groups excluding carboxylic acids is 2. The SMILES string of the molecule is Cc1ncsc1-c1ccc([C@H](C)NC(=O)[C@@H]2C[C@@H](O)CN2C(=O)[C@H](c2cc(OCC[C@@H]3CCN(CC4CC(Oc5cc(N6C7CCC6CN(c6cc(-c8ccccc8O)nnc6N)C7)ccn5)C4)C[C@@H]3C)no2)C(C)C)cc1. The summed E-state index contributed by atoms with van der Waals surface area (Å²) in [7, 11) is 0. The Balaban J connectivity index is 0.610. The van der Waals surface area contributed by atoms with E-state index in [2.05, 4.69) is 64.4 Å². The van der Waals surface area contributed by atoms with Gasteiger partial charge in [0.1, 0.15) is 23.8 Å². The average molecular weight is 1080 g/mol. The maximum absolute atomic E-state index is 14.3. The van der Waals surface area contributed by atoms with Crippen LogP contribution in [0.25, 0.3) is 21.7 Å². The second-order valence-corrected chi connectivity index (χ2v) is 23.7. The summed E-state index contributed by atoms with van der Waals surface area (Å²) >= 11 is 1.60. The van der Waals surface area contributed by atoms with Crippen LogP contribution in [0.15, 0.2) is 89.0 Å². The highest BCUT2D eigenvalue weighted by molar-refractivity contribution is 7.13. The lowest BCUT2D eigenvalue weighted by Gasteiger charge is -2.44. The van der Waals surface area contributed by atoms with Crippen molar-refractivity contribution in [2.45, 2.75) is 122 Å². The van der Waals surface area contributed by atoms with Crippen LogP contribution in [-0.2, 0) is 9.59 Å². The Morgan fingerprint density at radius 1 is 0.923 bits per heavy atom. The molecule has 11 rings (SSSR count). The third-order valence-corrected chi connectivity index (χ3v) is 18.1. The van der Waals surface area contributed by atoms with E-state index in [9.17, 15) is 19.8 Å². The number of nitrogens with zero attached hydrogens (tertiary/aromatic N) is 9. The first-order chi connectivity index (χ1) is 37.7. The van der Waals surface area contributed by atoms with E-state index < -0.39 is 18.1 Å². The zero-order valence-corrected chi connectivity index (χ0v) is 46.1. The van der Waals surface area contributed by atoms with Crippen LogP contribution in [0.5, 0.6) is 17.5 Å². The Kier molecular flexibility index (Phi) is 15.6. The number of piperazine rings is 1. The van der Waals surface area contributed by atoms with Gasteiger partial charge in [0.15, 0.2) is 11.6 Å². The van der Waals surface area contributed by atoms with Gasteiger partial charge in [-0.1, -0.05) is 57.2 Å². The quantitative estimate of drug-likeness (QED) is 0.0636. The summed E-state index contributed by atoms with van der Waals surface area (Å²) in [5.41, 5.74) is 14.5. The number of phenolic OH excluding ortho intramolecular Hbond substituents is 1. The van der Waals surface area contributed by atoms with Crippen LogP contribution >= 0.6 is 11.3 Å². The Labute approximate surface area is 460 Å². The number of aliphatic hydroxyl groups is 1. The van der Waals surface area contributed by atoms with Gasteiger partial charge >= 0.3 is 0 Å². The van der Waals surface area contributed by atoms with Crippen molar-refractivity contribution >= 4 is 40.3 Å². The van der Waals surface area contributed by atoms with Crippen molar-refractivity contribution in [3.63, 3.8) is 0 Å². The molecule has 2 bridgehead atoms. The van der Waals surface area contributed by atoms with Gasteiger partial charge in [0.2, 0.25) is 17.7 Å². The van der Waals surface area contributed by atoms with E-state index in [0.717, 1.165) is 104 Å². The molecule has 6 aromatic rings. The van der Waals surface area contributed by atoms with Crippen LogP contribution in [0.4, 0.5) is 17.2 Å². The van der Waals surface area contributed by atoms with E-state index in [-0.39, 0.29) is 48.6 Å². The predicted molar refractivity (Wildman–Crippen MR) is 299 cm³/mol. The summed E-state index contributed by atoms with van der Waals surface area (Å²) in [6.07, 6.45) is 7.55. The molecule has 0 spiro atoms. The Hall–Kier alpha value is -6.83. The first-order valence-corrected chi connectivity index (χ1v) is 28.8. The molecule has 8 heterocycles. The van der Waals surface area contributed by atoms with Crippen LogP contribution in [0.2, 0.25) is 0 Å². The second-order valence-electron chi connectivity index (χ2n) is 22.9. The fourth-order valence-electron chi connectivity index (χ4n) is 12.9. The number of piperidine rings is 1. The average Bonchev–Trinajstić information content (AvgIpc) is 4.31. The first kappa shape index (κ1) is 53.2. The number of nitrogen functional groups attached to an aromatic ring is 1. The number of thiazole rings is 1. The molecular formula is C59H73N11O7S. The van der Waals surface area contributed by atoms with Crippen molar-refractivity contribution in [1.82, 2.24) is 40.4 Å². The van der Waals surface area contributed by atoms with Crippen molar-refractivity contribution in [1.29, 1.82) is 0 Å². The summed E-state index contributed by atoms with van der Waals surface area (Å²) in [4.78, 5) is 47.2. The number of aliphatic hydroxyl groups excluding tert-OH is 1. The Bertz CT molecular complexity index is 3040. The molecule has 4 saturated heterocycles. The zero-order valence-electron chi connectivity index (χ0n) is 45.3. The van der Waals surface area contributed by atoms with Crippen LogP contribution in [0.1, 0.15) is 102 Å². The van der Waals surface area contributed by atoms with Crippen LogP contribution in [0, 0.1) is 30.6 Å². The number of carbonyl (C=O) groups is 2. The van der Waals surface area contributed by atoms with Gasteiger partial charge in [0.05, 0.1) is 46.2 Å². The molecule has 1 saturated carbocycles. The summed E-state index contributed by atoms with van der Waals surface area (Å²) in [6, 6.07) is 22.6. The molecule has 1 aliphatic carbocycles. The van der Waals surface area contributed by atoms with E-state index in [1.165, 1.54) is 4.90 Å². The predicted octanol–water partition coefficient (Wildman–Crippen LogP) is 8.27. The fourth-order valence-corrected chi connectivity index (χ4v) is 13.7. The molecule has 5 aliphatic rings. The number of amides is 2. The largest absolute Gasteiger partial charge is 0.507 e. The number of anilines is 3. The number of aromatic nitrogens is 5. The molecule has 4 aliphatic heterocycles. The van der Waals surface area contributed by atoms with Gasteiger partial charge in [0, 0.05) is 80.8 Å². The highest BCUT2D eigenvalue weighted by Gasteiger charge is 2.45. The number of aromatic hydroxyl groups is 1. The summed E-state index contributed by atoms with van der Waals surface area (Å²) in [5, 5.41) is 37.1. The van der Waals surface area contributed by atoms with Crippen molar-refractivity contribution in [2.75, 3.05) is 61.4 Å². The van der Waals surface area contributed by atoms with Gasteiger partial charge in [-0.2, -0.15) is 0 Å². The van der Waals surface area contributed by atoms with Gasteiger partial charge in [-0.05, 0) is 123 Å². The number of aryl methyl sites for hydroxylation is 1. The van der Waals surface area contributed by atoms with Gasteiger partial charge in [-0.3, -0.25) is 9.59 Å². The number of nitrogens with two attached hydrogens (primary N) is 1. The number of rotatable bonds is 18. The minimum absolute atomic E-state index is 0.0620. The van der Waals surface area contributed by atoms with E-state index in [1.54, 1.807) is 29.5 Å². The lowest BCUT2D eigenvalue weighted by Crippen LogP contribution is -2.54. The lowest BCUT2D eigenvalue weighted by molar-refractivity contribution is -0.141. The number of ether oxygens (including phenoxy) is 2. The number of likely N-dealkylation sites (tertiary alicyclic amines) is 2. The number of pyridine rings is 1. The zero-order chi connectivity index (χ0) is 54.2. The molecule has 2 aromatic carbocycles. The molecule has 2 amide bonds. The molecule has 5 fully saturated rings.